The third-order valence-electron chi connectivity index (χ3n) is 3.80. The summed E-state index contributed by atoms with van der Waals surface area (Å²) in [5.41, 5.74) is 2.16. The molecule has 1 aromatic carbocycles. The van der Waals surface area contributed by atoms with Gasteiger partial charge in [-0.25, -0.2) is 4.98 Å². The second-order valence-corrected chi connectivity index (χ2v) is 7.53. The van der Waals surface area contributed by atoms with E-state index in [1.54, 1.807) is 11.3 Å². The molecule has 0 aliphatic carbocycles. The van der Waals surface area contributed by atoms with Crippen molar-refractivity contribution < 1.29 is 5.11 Å². The number of aromatic nitrogens is 1. The van der Waals surface area contributed by atoms with Crippen LogP contribution in [0.2, 0.25) is 0 Å². The van der Waals surface area contributed by atoms with Gasteiger partial charge in [0.15, 0.2) is 5.13 Å². The fourth-order valence-corrected chi connectivity index (χ4v) is 4.63. The number of hydrogen-bond donors (Lipinski definition) is 1. The van der Waals surface area contributed by atoms with Gasteiger partial charge in [0.25, 0.3) is 0 Å². The zero-order valence-electron chi connectivity index (χ0n) is 12.2. The van der Waals surface area contributed by atoms with Gasteiger partial charge in [0, 0.05) is 28.6 Å². The molecule has 0 saturated carbocycles. The number of nitrogens with zero attached hydrogens (tertiary/aromatic N) is 2. The van der Waals surface area contributed by atoms with Gasteiger partial charge in [0.1, 0.15) is 0 Å². The van der Waals surface area contributed by atoms with Gasteiger partial charge >= 0.3 is 0 Å². The molecule has 0 amide bonds. The largest absolute Gasteiger partial charge is 0.390 e. The molecule has 0 atom stereocenters. The van der Waals surface area contributed by atoms with E-state index >= 15 is 0 Å². The zero-order valence-corrected chi connectivity index (χ0v) is 13.8. The smallest absolute Gasteiger partial charge is 0.185 e. The highest BCUT2D eigenvalue weighted by Gasteiger charge is 2.22. The van der Waals surface area contributed by atoms with Crippen LogP contribution in [0.3, 0.4) is 0 Å². The molecule has 1 aliphatic rings. The third-order valence-corrected chi connectivity index (χ3v) is 6.27. The van der Waals surface area contributed by atoms with Gasteiger partial charge in [-0.3, -0.25) is 0 Å². The number of hydrogen-bond acceptors (Lipinski definition) is 5. The highest BCUT2D eigenvalue weighted by molar-refractivity contribution is 8.00. The second kappa shape index (κ2) is 6.81. The van der Waals surface area contributed by atoms with Gasteiger partial charge in [-0.2, -0.15) is 0 Å². The molecule has 0 bridgehead atoms. The monoisotopic (exact) mass is 320 g/mol. The van der Waals surface area contributed by atoms with Crippen molar-refractivity contribution in [3.8, 4) is 0 Å². The average molecular weight is 320 g/mol. The van der Waals surface area contributed by atoms with Crippen molar-refractivity contribution in [2.24, 2.45) is 0 Å². The van der Waals surface area contributed by atoms with E-state index in [2.05, 4.69) is 41.1 Å². The van der Waals surface area contributed by atoms with Gasteiger partial charge in [-0.1, -0.05) is 18.2 Å². The van der Waals surface area contributed by atoms with E-state index in [1.807, 2.05) is 17.1 Å². The first kappa shape index (κ1) is 14.9. The molecule has 0 radical (unpaired) electrons. The minimum Gasteiger partial charge on any atom is -0.390 e. The van der Waals surface area contributed by atoms with E-state index in [0.29, 0.717) is 5.25 Å². The maximum Gasteiger partial charge on any atom is 0.185 e. The summed E-state index contributed by atoms with van der Waals surface area (Å²) >= 11 is 3.65. The Balaban J connectivity index is 1.56. The van der Waals surface area contributed by atoms with Crippen molar-refractivity contribution in [1.82, 2.24) is 4.98 Å². The molecule has 21 heavy (non-hydrogen) atoms. The molecule has 1 aromatic heterocycles. The van der Waals surface area contributed by atoms with Crippen LogP contribution in [0.15, 0.2) is 34.5 Å². The number of aliphatic hydroxyl groups is 1. The van der Waals surface area contributed by atoms with Crippen molar-refractivity contribution in [1.29, 1.82) is 0 Å². The number of thiazole rings is 1. The van der Waals surface area contributed by atoms with Crippen LogP contribution in [0.25, 0.3) is 0 Å². The maximum atomic E-state index is 9.10. The average Bonchev–Trinajstić information content (AvgIpc) is 2.99. The molecule has 1 saturated heterocycles. The van der Waals surface area contributed by atoms with Crippen LogP contribution in [0, 0.1) is 6.92 Å². The molecule has 5 heteroatoms. The van der Waals surface area contributed by atoms with Crippen LogP contribution in [0.4, 0.5) is 5.13 Å². The van der Waals surface area contributed by atoms with Gasteiger partial charge in [0.2, 0.25) is 0 Å². The summed E-state index contributed by atoms with van der Waals surface area (Å²) in [6.07, 6.45) is 2.38. The number of piperidine rings is 1. The Morgan fingerprint density at radius 1 is 1.33 bits per heavy atom. The first-order valence-electron chi connectivity index (χ1n) is 7.29. The van der Waals surface area contributed by atoms with E-state index in [4.69, 9.17) is 5.11 Å². The first-order valence-corrected chi connectivity index (χ1v) is 9.04. The standard InChI is InChI=1S/C16H20N2OS2/c1-12-4-2-3-5-15(12)21-14-6-8-18(9-7-14)16-17-13(10-19)11-20-16/h2-5,11,14,19H,6-10H2,1H3. The molecule has 112 valence electrons. The van der Waals surface area contributed by atoms with Crippen molar-refractivity contribution in [2.75, 3.05) is 18.0 Å². The van der Waals surface area contributed by atoms with E-state index in [1.165, 1.54) is 23.3 Å². The van der Waals surface area contributed by atoms with Crippen LogP contribution >= 0.6 is 23.1 Å². The maximum absolute atomic E-state index is 9.10. The Kier molecular flexibility index (Phi) is 4.83. The van der Waals surface area contributed by atoms with Gasteiger partial charge in [-0.05, 0) is 31.4 Å². The van der Waals surface area contributed by atoms with E-state index in [0.717, 1.165) is 23.9 Å². The van der Waals surface area contributed by atoms with E-state index in [-0.39, 0.29) is 6.61 Å². The molecule has 0 spiro atoms. The summed E-state index contributed by atoms with van der Waals surface area (Å²) in [7, 11) is 0. The summed E-state index contributed by atoms with van der Waals surface area (Å²) < 4.78 is 0. The van der Waals surface area contributed by atoms with Gasteiger partial charge in [-0.15, -0.1) is 23.1 Å². The lowest BCUT2D eigenvalue weighted by Crippen LogP contribution is -2.34. The normalized spacial score (nSPS) is 16.4. The number of aryl methyl sites for hydroxylation is 1. The lowest BCUT2D eigenvalue weighted by Gasteiger charge is -2.31. The van der Waals surface area contributed by atoms with Crippen LogP contribution in [-0.2, 0) is 6.61 Å². The third kappa shape index (κ3) is 3.59. The summed E-state index contributed by atoms with van der Waals surface area (Å²) in [6.45, 7) is 4.34. The number of thioether (sulfide) groups is 1. The minimum absolute atomic E-state index is 0.0378. The Bertz CT molecular complexity index is 591. The highest BCUT2D eigenvalue weighted by Crippen LogP contribution is 2.34. The lowest BCUT2D eigenvalue weighted by atomic mass is 10.1. The lowest BCUT2D eigenvalue weighted by molar-refractivity contribution is 0.277. The predicted molar refractivity (Wildman–Crippen MR) is 90.3 cm³/mol. The molecule has 1 aliphatic heterocycles. The molecule has 2 aromatic rings. The summed E-state index contributed by atoms with van der Waals surface area (Å²) in [6, 6.07) is 8.63. The highest BCUT2D eigenvalue weighted by atomic mass is 32.2. The van der Waals surface area contributed by atoms with Crippen LogP contribution in [-0.4, -0.2) is 28.4 Å². The summed E-state index contributed by atoms with van der Waals surface area (Å²) in [5.74, 6) is 0. The molecule has 1 fully saturated rings. The number of aliphatic hydroxyl groups excluding tert-OH is 1. The molecule has 2 heterocycles. The quantitative estimate of drug-likeness (QED) is 0.932. The predicted octanol–water partition coefficient (Wildman–Crippen LogP) is 3.70. The second-order valence-electron chi connectivity index (χ2n) is 5.35. The molecular formula is C16H20N2OS2. The summed E-state index contributed by atoms with van der Waals surface area (Å²) in [4.78, 5) is 8.22. The molecule has 3 rings (SSSR count). The summed E-state index contributed by atoms with van der Waals surface area (Å²) in [5, 5.41) is 12.8. The van der Waals surface area contributed by atoms with E-state index < -0.39 is 0 Å². The van der Waals surface area contributed by atoms with Crippen molar-refractivity contribution >= 4 is 28.2 Å². The Hall–Kier alpha value is -1.04. The topological polar surface area (TPSA) is 36.4 Å². The number of rotatable bonds is 4. The molecular weight excluding hydrogens is 300 g/mol. The molecule has 1 N–H and O–H groups in total. The number of benzene rings is 1. The molecule has 0 unspecified atom stereocenters. The van der Waals surface area contributed by atoms with Crippen LogP contribution in [0.1, 0.15) is 24.1 Å². The SMILES string of the molecule is Cc1ccccc1SC1CCN(c2nc(CO)cs2)CC1. The minimum atomic E-state index is 0.0378. The van der Waals surface area contributed by atoms with Gasteiger partial charge < -0.3 is 10.0 Å². The van der Waals surface area contributed by atoms with Crippen molar-refractivity contribution in [3.05, 3.63) is 40.9 Å². The van der Waals surface area contributed by atoms with E-state index in [9.17, 15) is 0 Å². The van der Waals surface area contributed by atoms with Gasteiger partial charge in [0.05, 0.1) is 12.3 Å². The van der Waals surface area contributed by atoms with Crippen molar-refractivity contribution in [3.63, 3.8) is 0 Å². The fourth-order valence-electron chi connectivity index (χ4n) is 2.55. The van der Waals surface area contributed by atoms with Crippen LogP contribution < -0.4 is 4.90 Å². The molecule has 3 nitrogen and oxygen atoms in total. The van der Waals surface area contributed by atoms with Crippen molar-refractivity contribution in [2.45, 2.75) is 36.5 Å². The fraction of sp³-hybridized carbons (Fsp3) is 0.438. The number of anilines is 1. The zero-order chi connectivity index (χ0) is 14.7. The Morgan fingerprint density at radius 2 is 2.10 bits per heavy atom. The first-order chi connectivity index (χ1) is 10.3. The van der Waals surface area contributed by atoms with Crippen LogP contribution in [0.5, 0.6) is 0 Å². The Morgan fingerprint density at radius 3 is 2.76 bits per heavy atom. The Labute approximate surface area is 134 Å².